The third-order valence-corrected chi connectivity index (χ3v) is 5.26. The minimum absolute atomic E-state index is 0.0722. The van der Waals surface area contributed by atoms with Crippen LogP contribution < -0.4 is 22.1 Å². The number of carboxylic acids is 1. The number of unbranched alkanes of at least 4 members (excludes halogenated alkanes) is 1. The maximum atomic E-state index is 12.5. The first kappa shape index (κ1) is 25.5. The molecule has 5 atom stereocenters. The number of carbonyl (C=O) groups is 3. The van der Waals surface area contributed by atoms with Gasteiger partial charge in [-0.1, -0.05) is 20.3 Å². The second-order valence-electron chi connectivity index (χ2n) is 6.72. The molecule has 2 amide bonds. The molecule has 0 heterocycles. The molecule has 0 aliphatic carbocycles. The van der Waals surface area contributed by atoms with E-state index in [9.17, 15) is 23.7 Å². The smallest absolute Gasteiger partial charge is 0.326 e. The van der Waals surface area contributed by atoms with Crippen molar-refractivity contribution in [2.45, 2.75) is 64.1 Å². The van der Waals surface area contributed by atoms with Crippen LogP contribution in [0.2, 0.25) is 0 Å². The van der Waals surface area contributed by atoms with Crippen molar-refractivity contribution < 1.29 is 23.7 Å². The van der Waals surface area contributed by atoms with E-state index in [2.05, 4.69) is 10.6 Å². The molecule has 158 valence electrons. The summed E-state index contributed by atoms with van der Waals surface area (Å²) in [6.07, 6.45) is 3.77. The fraction of sp³-hybridized carbons (Fsp3) is 0.824. The van der Waals surface area contributed by atoms with Crippen molar-refractivity contribution in [1.82, 2.24) is 10.6 Å². The van der Waals surface area contributed by atoms with Crippen LogP contribution in [-0.4, -0.2) is 63.8 Å². The number of carboxylic acid groups (broad SMARTS) is 1. The van der Waals surface area contributed by atoms with E-state index in [0.29, 0.717) is 25.8 Å². The van der Waals surface area contributed by atoms with Gasteiger partial charge in [0.15, 0.2) is 0 Å². The summed E-state index contributed by atoms with van der Waals surface area (Å²) in [5.41, 5.74) is 11.3. The molecular formula is C17H34N4O5S. The molecule has 0 aliphatic rings. The van der Waals surface area contributed by atoms with Crippen LogP contribution in [-0.2, 0) is 25.2 Å². The first-order chi connectivity index (χ1) is 12.6. The van der Waals surface area contributed by atoms with Gasteiger partial charge >= 0.3 is 5.97 Å². The average Bonchev–Trinajstić information content (AvgIpc) is 2.62. The summed E-state index contributed by atoms with van der Waals surface area (Å²) in [5, 5.41) is 14.3. The van der Waals surface area contributed by atoms with Crippen molar-refractivity contribution in [2.75, 3.05) is 18.6 Å². The minimum atomic E-state index is -1.16. The fourth-order valence-corrected chi connectivity index (χ4v) is 2.92. The third kappa shape index (κ3) is 10.4. The molecule has 0 spiro atoms. The zero-order valence-corrected chi connectivity index (χ0v) is 17.2. The van der Waals surface area contributed by atoms with Gasteiger partial charge in [-0.2, -0.15) is 0 Å². The van der Waals surface area contributed by atoms with Gasteiger partial charge in [-0.15, -0.1) is 0 Å². The Balaban J connectivity index is 5.07. The van der Waals surface area contributed by atoms with Crippen LogP contribution in [0.1, 0.15) is 46.0 Å². The van der Waals surface area contributed by atoms with E-state index in [-0.39, 0.29) is 24.5 Å². The molecule has 0 rings (SSSR count). The van der Waals surface area contributed by atoms with Gasteiger partial charge in [-0.25, -0.2) is 4.79 Å². The Bertz CT molecular complexity index is 518. The summed E-state index contributed by atoms with van der Waals surface area (Å²) in [6, 6.07) is -2.84. The van der Waals surface area contributed by atoms with Gasteiger partial charge in [0.05, 0.1) is 6.04 Å². The normalized spacial score (nSPS) is 16.6. The lowest BCUT2D eigenvalue weighted by atomic mass is 9.99. The lowest BCUT2D eigenvalue weighted by Crippen LogP contribution is -2.55. The molecule has 0 saturated carbocycles. The zero-order chi connectivity index (χ0) is 21.0. The molecule has 10 heteroatoms. The first-order valence-electron chi connectivity index (χ1n) is 9.23. The predicted molar refractivity (Wildman–Crippen MR) is 105 cm³/mol. The van der Waals surface area contributed by atoms with E-state index in [1.807, 2.05) is 13.8 Å². The lowest BCUT2D eigenvalue weighted by Gasteiger charge is -2.24. The van der Waals surface area contributed by atoms with E-state index in [0.717, 1.165) is 0 Å². The van der Waals surface area contributed by atoms with Crippen molar-refractivity contribution in [3.63, 3.8) is 0 Å². The third-order valence-electron chi connectivity index (χ3n) is 4.45. The standard InChI is InChI=1S/C17H34N4O5S/c1-4-11(2)14(19)16(23)20-12(8-10-27(3)26)15(22)21-13(17(24)25)7-5-6-9-18/h11-14H,4-10,18-19H2,1-3H3,(H,20,23)(H,21,22)(H,24,25). The van der Waals surface area contributed by atoms with E-state index < -0.39 is 46.7 Å². The SMILES string of the molecule is CCC(C)C(N)C(=O)NC(CCS(C)=O)C(=O)NC(CCCCN)C(=O)O. The molecule has 0 aromatic heterocycles. The number of carbonyl (C=O) groups excluding carboxylic acids is 2. The highest BCUT2D eigenvalue weighted by Gasteiger charge is 2.29. The highest BCUT2D eigenvalue weighted by Crippen LogP contribution is 2.07. The van der Waals surface area contributed by atoms with E-state index in [1.54, 1.807) is 0 Å². The number of nitrogens with two attached hydrogens (primary N) is 2. The summed E-state index contributed by atoms with van der Waals surface area (Å²) in [5.74, 6) is -2.13. The Hall–Kier alpha value is -1.52. The van der Waals surface area contributed by atoms with Crippen LogP contribution in [0.4, 0.5) is 0 Å². The van der Waals surface area contributed by atoms with Crippen LogP contribution in [0.3, 0.4) is 0 Å². The molecule has 0 saturated heterocycles. The second-order valence-corrected chi connectivity index (χ2v) is 8.28. The molecule has 0 aliphatic heterocycles. The van der Waals surface area contributed by atoms with Crippen molar-refractivity contribution >= 4 is 28.6 Å². The van der Waals surface area contributed by atoms with E-state index >= 15 is 0 Å². The van der Waals surface area contributed by atoms with Crippen molar-refractivity contribution in [3.05, 3.63) is 0 Å². The van der Waals surface area contributed by atoms with Gasteiger partial charge in [0, 0.05) is 22.8 Å². The Morgan fingerprint density at radius 2 is 1.67 bits per heavy atom. The number of aliphatic carboxylic acids is 1. The van der Waals surface area contributed by atoms with Gasteiger partial charge < -0.3 is 27.2 Å². The molecule has 5 unspecified atom stereocenters. The molecule has 9 nitrogen and oxygen atoms in total. The van der Waals surface area contributed by atoms with Crippen LogP contribution in [0.25, 0.3) is 0 Å². The van der Waals surface area contributed by atoms with Crippen LogP contribution >= 0.6 is 0 Å². The largest absolute Gasteiger partial charge is 0.480 e. The van der Waals surface area contributed by atoms with E-state index in [1.165, 1.54) is 6.26 Å². The highest BCUT2D eigenvalue weighted by atomic mass is 32.2. The maximum Gasteiger partial charge on any atom is 0.326 e. The van der Waals surface area contributed by atoms with Crippen LogP contribution in [0.5, 0.6) is 0 Å². The summed E-state index contributed by atoms with van der Waals surface area (Å²) in [6.45, 7) is 4.17. The molecule has 0 aromatic carbocycles. The number of hydrogen-bond acceptors (Lipinski definition) is 6. The Morgan fingerprint density at radius 1 is 1.07 bits per heavy atom. The average molecular weight is 407 g/mol. The predicted octanol–water partition coefficient (Wildman–Crippen LogP) is -0.688. The van der Waals surface area contributed by atoms with Crippen molar-refractivity contribution in [1.29, 1.82) is 0 Å². The molecular weight excluding hydrogens is 372 g/mol. The number of nitrogens with one attached hydrogen (secondary N) is 2. The molecule has 27 heavy (non-hydrogen) atoms. The zero-order valence-electron chi connectivity index (χ0n) is 16.4. The summed E-state index contributed by atoms with van der Waals surface area (Å²) in [4.78, 5) is 36.2. The highest BCUT2D eigenvalue weighted by molar-refractivity contribution is 7.84. The van der Waals surface area contributed by atoms with Crippen LogP contribution in [0, 0.1) is 5.92 Å². The molecule has 0 aromatic rings. The molecule has 0 radical (unpaired) electrons. The maximum absolute atomic E-state index is 12.5. The minimum Gasteiger partial charge on any atom is -0.480 e. The summed E-state index contributed by atoms with van der Waals surface area (Å²) >= 11 is 0. The van der Waals surface area contributed by atoms with Gasteiger partial charge in [0.1, 0.15) is 12.1 Å². The quantitative estimate of drug-likeness (QED) is 0.238. The monoisotopic (exact) mass is 406 g/mol. The Kier molecular flexibility index (Phi) is 12.9. The van der Waals surface area contributed by atoms with Crippen molar-refractivity contribution in [3.8, 4) is 0 Å². The van der Waals surface area contributed by atoms with Gasteiger partial charge in [0.25, 0.3) is 0 Å². The number of amides is 2. The van der Waals surface area contributed by atoms with Crippen molar-refractivity contribution in [2.24, 2.45) is 17.4 Å². The summed E-state index contributed by atoms with van der Waals surface area (Å²) in [7, 11) is -1.16. The fourth-order valence-electron chi connectivity index (χ4n) is 2.36. The lowest BCUT2D eigenvalue weighted by molar-refractivity contribution is -0.142. The van der Waals surface area contributed by atoms with Gasteiger partial charge in [0.2, 0.25) is 11.8 Å². The summed E-state index contributed by atoms with van der Waals surface area (Å²) < 4.78 is 11.4. The second kappa shape index (κ2) is 13.6. The first-order valence-corrected chi connectivity index (χ1v) is 11.0. The van der Waals surface area contributed by atoms with E-state index in [4.69, 9.17) is 11.5 Å². The topological polar surface area (TPSA) is 165 Å². The number of hydrogen-bond donors (Lipinski definition) is 5. The van der Waals surface area contributed by atoms with Gasteiger partial charge in [-0.05, 0) is 38.1 Å². The van der Waals surface area contributed by atoms with Gasteiger partial charge in [-0.3, -0.25) is 13.8 Å². The molecule has 7 N–H and O–H groups in total. The Morgan fingerprint density at radius 3 is 2.15 bits per heavy atom. The molecule has 0 bridgehead atoms. The van der Waals surface area contributed by atoms with Crippen LogP contribution in [0.15, 0.2) is 0 Å². The number of rotatable bonds is 14. The Labute approximate surface area is 163 Å². The molecule has 0 fully saturated rings.